The SMILES string of the molecule is CC1(C)O[C@H]2O[C@]3(CNC(=O)CCC3=O)[C@@H]3OC(C)(C)O[C@@H]3[C@H]2O1. The van der Waals surface area contributed by atoms with Gasteiger partial charge in [0.1, 0.15) is 18.3 Å². The number of ketones is 1. The first-order valence-corrected chi connectivity index (χ1v) is 8.31. The third-order valence-electron chi connectivity index (χ3n) is 4.93. The van der Waals surface area contributed by atoms with Gasteiger partial charge in [-0.1, -0.05) is 0 Å². The Labute approximate surface area is 140 Å². The maximum absolute atomic E-state index is 12.9. The molecule has 1 spiro atoms. The van der Waals surface area contributed by atoms with Crippen molar-refractivity contribution < 1.29 is 33.3 Å². The van der Waals surface area contributed by atoms with Gasteiger partial charge in [0.2, 0.25) is 5.91 Å². The highest BCUT2D eigenvalue weighted by atomic mass is 16.9. The Morgan fingerprint density at radius 3 is 2.29 bits per heavy atom. The molecule has 24 heavy (non-hydrogen) atoms. The maximum Gasteiger partial charge on any atom is 0.220 e. The Balaban J connectivity index is 1.75. The average Bonchev–Trinajstić information content (AvgIpc) is 2.91. The van der Waals surface area contributed by atoms with Gasteiger partial charge in [-0.3, -0.25) is 9.59 Å². The Morgan fingerprint density at radius 1 is 0.875 bits per heavy atom. The number of amides is 1. The first-order valence-electron chi connectivity index (χ1n) is 8.31. The van der Waals surface area contributed by atoms with E-state index in [4.69, 9.17) is 23.7 Å². The van der Waals surface area contributed by atoms with Crippen molar-refractivity contribution in [3.05, 3.63) is 0 Å². The highest BCUT2D eigenvalue weighted by Crippen LogP contribution is 2.48. The van der Waals surface area contributed by atoms with E-state index < -0.39 is 41.8 Å². The molecule has 0 bridgehead atoms. The van der Waals surface area contributed by atoms with E-state index in [2.05, 4.69) is 5.32 Å². The van der Waals surface area contributed by atoms with Crippen molar-refractivity contribution in [1.82, 2.24) is 5.32 Å². The summed E-state index contributed by atoms with van der Waals surface area (Å²) in [7, 11) is 0. The second-order valence-electron chi connectivity index (χ2n) is 7.70. The maximum atomic E-state index is 12.9. The van der Waals surface area contributed by atoms with Crippen molar-refractivity contribution in [2.75, 3.05) is 6.54 Å². The molecule has 0 aromatic rings. The molecule has 0 aromatic carbocycles. The van der Waals surface area contributed by atoms with Gasteiger partial charge in [0.05, 0.1) is 6.54 Å². The summed E-state index contributed by atoms with van der Waals surface area (Å²) >= 11 is 0. The molecule has 0 radical (unpaired) electrons. The van der Waals surface area contributed by atoms with E-state index in [1.165, 1.54) is 0 Å². The fourth-order valence-electron chi connectivity index (χ4n) is 3.96. The van der Waals surface area contributed by atoms with Crippen molar-refractivity contribution in [1.29, 1.82) is 0 Å². The second-order valence-corrected chi connectivity index (χ2v) is 7.70. The summed E-state index contributed by atoms with van der Waals surface area (Å²) in [6.45, 7) is 7.18. The monoisotopic (exact) mass is 341 g/mol. The number of ether oxygens (including phenoxy) is 5. The minimum absolute atomic E-state index is 0.0400. The van der Waals surface area contributed by atoms with Crippen LogP contribution in [0.2, 0.25) is 0 Å². The van der Waals surface area contributed by atoms with Crippen LogP contribution >= 0.6 is 0 Å². The Bertz CT molecular complexity index is 589. The molecule has 4 saturated heterocycles. The van der Waals surface area contributed by atoms with Gasteiger partial charge in [-0.05, 0) is 27.7 Å². The zero-order chi connectivity index (χ0) is 17.3. The minimum atomic E-state index is -1.32. The highest BCUT2D eigenvalue weighted by Gasteiger charge is 2.68. The number of fused-ring (bicyclic) bond motifs is 4. The molecule has 0 aliphatic carbocycles. The van der Waals surface area contributed by atoms with Crippen LogP contribution in [0.3, 0.4) is 0 Å². The third-order valence-corrected chi connectivity index (χ3v) is 4.93. The molecule has 4 aliphatic heterocycles. The van der Waals surface area contributed by atoms with Crippen molar-refractivity contribution in [3.63, 3.8) is 0 Å². The molecular weight excluding hydrogens is 318 g/mol. The fourth-order valence-corrected chi connectivity index (χ4v) is 3.96. The summed E-state index contributed by atoms with van der Waals surface area (Å²) in [5.41, 5.74) is -1.32. The lowest BCUT2D eigenvalue weighted by atomic mass is 9.82. The summed E-state index contributed by atoms with van der Waals surface area (Å²) in [5, 5.41) is 2.76. The van der Waals surface area contributed by atoms with Crippen molar-refractivity contribution in [2.45, 2.75) is 82.3 Å². The lowest BCUT2D eigenvalue weighted by Crippen LogP contribution is -2.68. The summed E-state index contributed by atoms with van der Waals surface area (Å²) in [5.74, 6) is -2.08. The lowest BCUT2D eigenvalue weighted by Gasteiger charge is -2.45. The van der Waals surface area contributed by atoms with Crippen LogP contribution in [0.1, 0.15) is 40.5 Å². The molecule has 0 unspecified atom stereocenters. The van der Waals surface area contributed by atoms with E-state index >= 15 is 0 Å². The van der Waals surface area contributed by atoms with Crippen molar-refractivity contribution >= 4 is 11.7 Å². The zero-order valence-corrected chi connectivity index (χ0v) is 14.3. The predicted molar refractivity (Wildman–Crippen MR) is 78.7 cm³/mol. The third kappa shape index (κ3) is 2.40. The first-order chi connectivity index (χ1) is 11.1. The Hall–Kier alpha value is -1.06. The molecule has 0 aromatic heterocycles. The van der Waals surface area contributed by atoms with Gasteiger partial charge in [0.15, 0.2) is 29.2 Å². The summed E-state index contributed by atoms with van der Waals surface area (Å²) in [4.78, 5) is 24.6. The predicted octanol–water partition coefficient (Wildman–Crippen LogP) is 0.232. The summed E-state index contributed by atoms with van der Waals surface area (Å²) in [6, 6.07) is 0. The minimum Gasteiger partial charge on any atom is -0.353 e. The number of nitrogens with one attached hydrogen (secondary N) is 1. The fraction of sp³-hybridized carbons (Fsp3) is 0.875. The van der Waals surface area contributed by atoms with Gasteiger partial charge in [-0.15, -0.1) is 0 Å². The molecule has 4 rings (SSSR count). The van der Waals surface area contributed by atoms with Crippen LogP contribution in [0.15, 0.2) is 0 Å². The average molecular weight is 341 g/mol. The smallest absolute Gasteiger partial charge is 0.220 e. The zero-order valence-electron chi connectivity index (χ0n) is 14.3. The molecule has 4 heterocycles. The molecule has 134 valence electrons. The number of carbonyl (C=O) groups is 2. The topological polar surface area (TPSA) is 92.3 Å². The van der Waals surface area contributed by atoms with Gasteiger partial charge in [0.25, 0.3) is 0 Å². The van der Waals surface area contributed by atoms with Crippen LogP contribution in [0.5, 0.6) is 0 Å². The van der Waals surface area contributed by atoms with Crippen LogP contribution in [0.25, 0.3) is 0 Å². The lowest BCUT2D eigenvalue weighted by molar-refractivity contribution is -0.266. The molecule has 5 atom stereocenters. The van der Waals surface area contributed by atoms with Gasteiger partial charge in [0, 0.05) is 12.8 Å². The van der Waals surface area contributed by atoms with Gasteiger partial charge in [-0.2, -0.15) is 0 Å². The second kappa shape index (κ2) is 4.98. The van der Waals surface area contributed by atoms with Crippen molar-refractivity contribution in [2.24, 2.45) is 0 Å². The standard InChI is InChI=1S/C16H23NO7/c1-14(2)20-10-11-13(23-15(3,4)21-11)24-16(12(10)22-14)7-17-9(19)6-5-8(16)18/h10-13H,5-7H2,1-4H3,(H,17,19)/t10-,11-,12-,13+,16+/m1/s1. The molecule has 4 aliphatic rings. The number of Topliss-reactive ketones (excluding diaryl/α,β-unsaturated/α-hetero) is 1. The van der Waals surface area contributed by atoms with Crippen LogP contribution < -0.4 is 5.32 Å². The van der Waals surface area contributed by atoms with E-state index in [1.54, 1.807) is 27.7 Å². The Morgan fingerprint density at radius 2 is 1.54 bits per heavy atom. The van der Waals surface area contributed by atoms with Gasteiger partial charge < -0.3 is 29.0 Å². The van der Waals surface area contributed by atoms with Crippen LogP contribution in [-0.2, 0) is 33.3 Å². The van der Waals surface area contributed by atoms with E-state index in [9.17, 15) is 9.59 Å². The van der Waals surface area contributed by atoms with Crippen LogP contribution in [-0.4, -0.2) is 60.0 Å². The molecule has 1 N–H and O–H groups in total. The molecule has 0 saturated carbocycles. The van der Waals surface area contributed by atoms with Crippen LogP contribution in [0.4, 0.5) is 0 Å². The van der Waals surface area contributed by atoms with Gasteiger partial charge >= 0.3 is 0 Å². The van der Waals surface area contributed by atoms with E-state index in [1.807, 2.05) is 0 Å². The molecular formula is C16H23NO7. The summed E-state index contributed by atoms with van der Waals surface area (Å²) < 4.78 is 29.9. The largest absolute Gasteiger partial charge is 0.353 e. The number of hydrogen-bond acceptors (Lipinski definition) is 7. The molecule has 8 heteroatoms. The first kappa shape index (κ1) is 16.4. The Kier molecular flexibility index (Phi) is 3.41. The van der Waals surface area contributed by atoms with Gasteiger partial charge in [-0.25, -0.2) is 0 Å². The number of carbonyl (C=O) groups excluding carboxylic acids is 2. The normalized spacial score (nSPS) is 46.3. The van der Waals surface area contributed by atoms with Crippen LogP contribution in [0, 0.1) is 0 Å². The molecule has 8 nitrogen and oxygen atoms in total. The number of hydrogen-bond donors (Lipinski definition) is 1. The highest BCUT2D eigenvalue weighted by molar-refractivity contribution is 5.94. The van der Waals surface area contributed by atoms with E-state index in [0.29, 0.717) is 0 Å². The molecule has 4 fully saturated rings. The van der Waals surface area contributed by atoms with E-state index in [-0.39, 0.29) is 31.1 Å². The quantitative estimate of drug-likeness (QED) is 0.674. The van der Waals surface area contributed by atoms with E-state index in [0.717, 1.165) is 0 Å². The van der Waals surface area contributed by atoms with Crippen molar-refractivity contribution in [3.8, 4) is 0 Å². The molecule has 1 amide bonds. The number of rotatable bonds is 0. The summed E-state index contributed by atoms with van der Waals surface area (Å²) in [6.07, 6.45) is -2.19.